The van der Waals surface area contributed by atoms with Gasteiger partial charge in [-0.05, 0) is 12.8 Å². The van der Waals surface area contributed by atoms with E-state index in [1.807, 2.05) is 0 Å². The van der Waals surface area contributed by atoms with Gasteiger partial charge in [0.05, 0.1) is 25.6 Å². The van der Waals surface area contributed by atoms with E-state index < -0.39 is 20.0 Å². The molecule has 1 unspecified atom stereocenters. The normalized spacial score (nSPS) is 16.7. The van der Waals surface area contributed by atoms with Crippen molar-refractivity contribution in [1.29, 1.82) is 0 Å². The minimum Gasteiger partial charge on any atom is -0.389 e. The lowest BCUT2D eigenvalue weighted by Crippen LogP contribution is -2.22. The summed E-state index contributed by atoms with van der Waals surface area (Å²) in [5.74, 6) is 0.670. The molecule has 1 aliphatic rings. The van der Waals surface area contributed by atoms with Gasteiger partial charge in [-0.15, -0.1) is 0 Å². The van der Waals surface area contributed by atoms with Crippen molar-refractivity contribution < 1.29 is 24.2 Å². The van der Waals surface area contributed by atoms with Crippen LogP contribution in [0.1, 0.15) is 12.8 Å². The first-order chi connectivity index (χ1) is 10.9. The molecule has 1 atom stereocenters. The van der Waals surface area contributed by atoms with Crippen molar-refractivity contribution in [2.45, 2.75) is 31.5 Å². The Kier molecular flexibility index (Phi) is 4.60. The third-order valence-corrected chi connectivity index (χ3v) is 3.82. The van der Waals surface area contributed by atoms with Crippen LogP contribution in [0.3, 0.4) is 0 Å². The van der Waals surface area contributed by atoms with Crippen molar-refractivity contribution >= 4 is 24.6 Å². The summed E-state index contributed by atoms with van der Waals surface area (Å²) < 4.78 is 17.2. The van der Waals surface area contributed by atoms with Crippen molar-refractivity contribution in [2.75, 3.05) is 18.3 Å². The fourth-order valence-corrected chi connectivity index (χ4v) is 2.47. The zero-order valence-electron chi connectivity index (χ0n) is 12.2. The van der Waals surface area contributed by atoms with Crippen LogP contribution in [0.5, 0.6) is 0 Å². The maximum Gasteiger partial charge on any atom is 0.350 e. The largest absolute Gasteiger partial charge is 0.389 e. The maximum absolute atomic E-state index is 10.7. The molecule has 0 saturated heterocycles. The van der Waals surface area contributed by atoms with Crippen LogP contribution in [-0.2, 0) is 15.8 Å². The highest BCUT2D eigenvalue weighted by molar-refractivity contribution is 7.51. The summed E-state index contributed by atoms with van der Waals surface area (Å²) in [5.41, 5.74) is 1.21. The predicted molar refractivity (Wildman–Crippen MR) is 80.8 cm³/mol. The van der Waals surface area contributed by atoms with Crippen LogP contribution >= 0.6 is 7.60 Å². The molecule has 2 aromatic rings. The molecule has 0 radical (unpaired) electrons. The number of nitrogens with one attached hydrogen (secondary N) is 1. The summed E-state index contributed by atoms with van der Waals surface area (Å²) in [6, 6.07) is 0.435. The first-order valence-electron chi connectivity index (χ1n) is 7.15. The average molecular weight is 343 g/mol. The third kappa shape index (κ3) is 4.46. The van der Waals surface area contributed by atoms with E-state index in [4.69, 9.17) is 14.5 Å². The van der Waals surface area contributed by atoms with Crippen molar-refractivity contribution in [3.8, 4) is 0 Å². The Morgan fingerprint density at radius 3 is 2.87 bits per heavy atom. The summed E-state index contributed by atoms with van der Waals surface area (Å²) in [5, 5.41) is 13.2. The number of aliphatic hydroxyl groups is 1. The maximum atomic E-state index is 10.7. The minimum absolute atomic E-state index is 0.150. The Morgan fingerprint density at radius 2 is 2.17 bits per heavy atom. The Balaban J connectivity index is 1.64. The van der Waals surface area contributed by atoms with Gasteiger partial charge in [-0.2, -0.15) is 0 Å². The minimum atomic E-state index is -4.23. The number of fused-ring (bicyclic) bond motifs is 1. The van der Waals surface area contributed by atoms with Gasteiger partial charge in [0.25, 0.3) is 0 Å². The molecular weight excluding hydrogens is 325 g/mol. The Morgan fingerprint density at radius 1 is 1.39 bits per heavy atom. The van der Waals surface area contributed by atoms with Crippen LogP contribution in [0.4, 0.5) is 5.82 Å². The van der Waals surface area contributed by atoms with E-state index in [9.17, 15) is 9.67 Å². The molecule has 0 bridgehead atoms. The van der Waals surface area contributed by atoms with Crippen LogP contribution in [-0.4, -0.2) is 59.5 Å². The number of ether oxygens (including phenoxy) is 1. The Hall–Kier alpha value is -1.58. The summed E-state index contributed by atoms with van der Waals surface area (Å²) in [7, 11) is -4.23. The smallest absolute Gasteiger partial charge is 0.350 e. The van der Waals surface area contributed by atoms with Gasteiger partial charge in [0.15, 0.2) is 11.5 Å². The van der Waals surface area contributed by atoms with E-state index in [1.165, 1.54) is 6.33 Å². The molecule has 4 N–H and O–H groups in total. The van der Waals surface area contributed by atoms with E-state index in [0.29, 0.717) is 23.0 Å². The topological polar surface area (TPSA) is 143 Å². The zero-order chi connectivity index (χ0) is 16.4. The molecule has 1 aliphatic carbocycles. The van der Waals surface area contributed by atoms with E-state index in [-0.39, 0.29) is 13.2 Å². The molecule has 0 aromatic carbocycles. The number of hydrogen-bond donors (Lipinski definition) is 4. The number of aromatic nitrogens is 4. The molecule has 1 saturated carbocycles. The number of nitrogens with zero attached hydrogens (tertiary/aromatic N) is 4. The number of imidazole rings is 1. The average Bonchev–Trinajstić information content (AvgIpc) is 3.18. The van der Waals surface area contributed by atoms with Crippen LogP contribution < -0.4 is 5.32 Å². The molecule has 126 valence electrons. The van der Waals surface area contributed by atoms with Gasteiger partial charge in [0.2, 0.25) is 0 Å². The molecule has 2 aromatic heterocycles. The lowest BCUT2D eigenvalue weighted by Gasteiger charge is -2.12. The number of aliphatic hydroxyl groups excluding tert-OH is 1. The quantitative estimate of drug-likeness (QED) is 0.484. The molecule has 1 fully saturated rings. The van der Waals surface area contributed by atoms with E-state index in [0.717, 1.165) is 12.8 Å². The molecule has 3 rings (SSSR count). The van der Waals surface area contributed by atoms with Crippen molar-refractivity contribution in [2.24, 2.45) is 0 Å². The molecule has 0 amide bonds. The SMILES string of the molecule is O=P(O)(O)COCC(O)Cn1cnc2c(NC3CC3)ncnc21. The first kappa shape index (κ1) is 16.3. The predicted octanol–water partition coefficient (Wildman–Crippen LogP) is -0.0867. The summed E-state index contributed by atoms with van der Waals surface area (Å²) >= 11 is 0. The Bertz CT molecular complexity index is 728. The number of hydrogen-bond acceptors (Lipinski definition) is 7. The lowest BCUT2D eigenvalue weighted by molar-refractivity contribution is 0.0413. The molecule has 10 nitrogen and oxygen atoms in total. The highest BCUT2D eigenvalue weighted by Gasteiger charge is 2.23. The Labute approximate surface area is 131 Å². The zero-order valence-corrected chi connectivity index (χ0v) is 13.1. The van der Waals surface area contributed by atoms with E-state index >= 15 is 0 Å². The van der Waals surface area contributed by atoms with Gasteiger partial charge < -0.3 is 29.5 Å². The molecular formula is C12H18N5O5P. The summed E-state index contributed by atoms with van der Waals surface area (Å²) in [6.45, 7) is -0.0411. The van der Waals surface area contributed by atoms with Gasteiger partial charge in [-0.25, -0.2) is 15.0 Å². The highest BCUT2D eigenvalue weighted by atomic mass is 31.2. The molecule has 0 aliphatic heterocycles. The molecule has 23 heavy (non-hydrogen) atoms. The second-order valence-corrected chi connectivity index (χ2v) is 7.12. The second-order valence-electron chi connectivity index (χ2n) is 5.53. The van der Waals surface area contributed by atoms with Gasteiger partial charge in [0, 0.05) is 6.04 Å². The van der Waals surface area contributed by atoms with Crippen molar-refractivity contribution in [1.82, 2.24) is 19.5 Å². The van der Waals surface area contributed by atoms with Gasteiger partial charge in [0.1, 0.15) is 18.2 Å². The van der Waals surface area contributed by atoms with Crippen LogP contribution in [0.2, 0.25) is 0 Å². The molecule has 11 heteroatoms. The van der Waals surface area contributed by atoms with Crippen LogP contribution in [0, 0.1) is 0 Å². The molecule has 2 heterocycles. The number of rotatable bonds is 8. The van der Waals surface area contributed by atoms with Gasteiger partial charge in [-0.3, -0.25) is 4.57 Å². The molecule has 0 spiro atoms. The van der Waals surface area contributed by atoms with Gasteiger partial charge in [-0.1, -0.05) is 0 Å². The summed E-state index contributed by atoms with van der Waals surface area (Å²) in [4.78, 5) is 30.0. The van der Waals surface area contributed by atoms with Gasteiger partial charge >= 0.3 is 7.60 Å². The van der Waals surface area contributed by atoms with Crippen molar-refractivity contribution in [3.05, 3.63) is 12.7 Å². The monoisotopic (exact) mass is 343 g/mol. The first-order valence-corrected chi connectivity index (χ1v) is 8.95. The fraction of sp³-hybridized carbons (Fsp3) is 0.583. The van der Waals surface area contributed by atoms with Crippen molar-refractivity contribution in [3.63, 3.8) is 0 Å². The van der Waals surface area contributed by atoms with E-state index in [2.05, 4.69) is 20.3 Å². The summed E-state index contributed by atoms with van der Waals surface area (Å²) in [6.07, 6.45) is 3.55. The third-order valence-electron chi connectivity index (χ3n) is 3.30. The second kappa shape index (κ2) is 6.50. The van der Waals surface area contributed by atoms with E-state index in [1.54, 1.807) is 10.9 Å². The number of anilines is 1. The van der Waals surface area contributed by atoms with Crippen LogP contribution in [0.25, 0.3) is 11.2 Å². The lowest BCUT2D eigenvalue weighted by atomic mass is 10.3. The highest BCUT2D eigenvalue weighted by Crippen LogP contribution is 2.33. The van der Waals surface area contributed by atoms with Crippen LogP contribution in [0.15, 0.2) is 12.7 Å². The fourth-order valence-electron chi connectivity index (χ4n) is 2.13. The standard InChI is InChI=1S/C12H18N5O5P/c18-9(4-22-7-23(19,20)21)3-17-6-15-10-11(16-8-1-2-8)13-5-14-12(10)17/h5-6,8-9,18H,1-4,7H2,(H,13,14,16)(H2,19,20,21).